The third kappa shape index (κ3) is 2.99. The van der Waals surface area contributed by atoms with Gasteiger partial charge >= 0.3 is 0 Å². The molecular formula is C18H20F2N4O. The first-order valence-electron chi connectivity index (χ1n) is 8.48. The van der Waals surface area contributed by atoms with E-state index in [0.717, 1.165) is 28.7 Å². The Morgan fingerprint density at radius 3 is 2.80 bits per heavy atom. The number of aromatic nitrogens is 3. The van der Waals surface area contributed by atoms with Crippen molar-refractivity contribution in [3.8, 4) is 11.1 Å². The van der Waals surface area contributed by atoms with E-state index in [-0.39, 0.29) is 18.8 Å². The first-order valence-corrected chi connectivity index (χ1v) is 8.48. The molecule has 132 valence electrons. The lowest BCUT2D eigenvalue weighted by molar-refractivity contribution is -0.0472. The summed E-state index contributed by atoms with van der Waals surface area (Å²) in [6.45, 7) is 2.53. The van der Waals surface area contributed by atoms with Crippen LogP contribution >= 0.6 is 0 Å². The highest BCUT2D eigenvalue weighted by atomic mass is 19.3. The van der Waals surface area contributed by atoms with E-state index in [1.807, 2.05) is 25.3 Å². The molecule has 1 saturated carbocycles. The number of fused-ring (bicyclic) bond motifs is 1. The Labute approximate surface area is 143 Å². The van der Waals surface area contributed by atoms with Crippen LogP contribution in [0.25, 0.3) is 22.2 Å². The lowest BCUT2D eigenvalue weighted by Gasteiger charge is -2.28. The Balaban J connectivity index is 1.63. The minimum atomic E-state index is -2.49. The number of rotatable bonds is 3. The topological polar surface area (TPSA) is 69.9 Å². The molecule has 0 saturated heterocycles. The number of nitrogens with zero attached hydrogens (tertiary/aromatic N) is 3. The molecule has 5 nitrogen and oxygen atoms in total. The lowest BCUT2D eigenvalue weighted by Crippen LogP contribution is -2.26. The van der Waals surface area contributed by atoms with Crippen LogP contribution < -0.4 is 5.73 Å². The van der Waals surface area contributed by atoms with Crippen LogP contribution in [0.4, 0.5) is 14.6 Å². The zero-order chi connectivity index (χ0) is 17.6. The molecule has 25 heavy (non-hydrogen) atoms. The number of alkyl halides is 2. The highest BCUT2D eigenvalue weighted by Crippen LogP contribution is 2.37. The number of halogens is 2. The van der Waals surface area contributed by atoms with Gasteiger partial charge in [-0.15, -0.1) is 0 Å². The van der Waals surface area contributed by atoms with Crippen molar-refractivity contribution in [2.24, 2.45) is 5.92 Å². The Morgan fingerprint density at radius 1 is 1.36 bits per heavy atom. The van der Waals surface area contributed by atoms with Crippen LogP contribution in [0.15, 0.2) is 29.0 Å². The van der Waals surface area contributed by atoms with Crippen LogP contribution in [-0.2, 0) is 6.54 Å². The summed E-state index contributed by atoms with van der Waals surface area (Å²) in [6, 6.07) is 3.95. The van der Waals surface area contributed by atoms with E-state index < -0.39 is 5.92 Å². The highest BCUT2D eigenvalue weighted by Gasteiger charge is 2.34. The van der Waals surface area contributed by atoms with Gasteiger partial charge in [-0.05, 0) is 37.8 Å². The monoisotopic (exact) mass is 346 g/mol. The predicted molar refractivity (Wildman–Crippen MR) is 91.3 cm³/mol. The van der Waals surface area contributed by atoms with E-state index in [0.29, 0.717) is 24.4 Å². The lowest BCUT2D eigenvalue weighted by atomic mass is 9.87. The number of hydrogen-bond acceptors (Lipinski definition) is 4. The number of nitrogens with two attached hydrogens (primary N) is 1. The smallest absolute Gasteiger partial charge is 0.248 e. The SMILES string of the molecule is Cc1onc(N)c1-c1cnc2ccn(CC3CCC(F)(F)CC3)c2c1. The molecule has 3 aromatic heterocycles. The third-order valence-electron chi connectivity index (χ3n) is 5.09. The molecule has 0 amide bonds. The summed E-state index contributed by atoms with van der Waals surface area (Å²) in [6.07, 6.45) is 4.80. The van der Waals surface area contributed by atoms with Gasteiger partial charge in [-0.3, -0.25) is 4.98 Å². The molecule has 3 aromatic rings. The second kappa shape index (κ2) is 5.82. The van der Waals surface area contributed by atoms with Gasteiger partial charge in [0.05, 0.1) is 16.6 Å². The zero-order valence-corrected chi connectivity index (χ0v) is 14.0. The molecule has 0 radical (unpaired) electrons. The van der Waals surface area contributed by atoms with Gasteiger partial charge < -0.3 is 14.8 Å². The molecule has 7 heteroatoms. The predicted octanol–water partition coefficient (Wildman–Crippen LogP) is 4.41. The van der Waals surface area contributed by atoms with Gasteiger partial charge in [-0.25, -0.2) is 8.78 Å². The number of pyridine rings is 1. The number of nitrogen functional groups attached to an aromatic ring is 1. The number of anilines is 1. The quantitative estimate of drug-likeness (QED) is 0.763. The van der Waals surface area contributed by atoms with Crippen LogP contribution in [-0.4, -0.2) is 20.6 Å². The molecule has 4 rings (SSSR count). The van der Waals surface area contributed by atoms with Gasteiger partial charge in [0.15, 0.2) is 5.82 Å². The first kappa shape index (κ1) is 16.1. The third-order valence-corrected chi connectivity index (χ3v) is 5.09. The molecule has 1 aliphatic rings. The van der Waals surface area contributed by atoms with Gasteiger partial charge in [-0.1, -0.05) is 5.16 Å². The molecule has 0 bridgehead atoms. The highest BCUT2D eigenvalue weighted by molar-refractivity contribution is 5.84. The first-order chi connectivity index (χ1) is 11.9. The maximum absolute atomic E-state index is 13.4. The van der Waals surface area contributed by atoms with E-state index in [4.69, 9.17) is 10.3 Å². The molecule has 0 atom stereocenters. The minimum Gasteiger partial charge on any atom is -0.380 e. The van der Waals surface area contributed by atoms with Gasteiger partial charge in [0.2, 0.25) is 5.92 Å². The molecule has 0 aromatic carbocycles. The van der Waals surface area contributed by atoms with Crippen molar-refractivity contribution in [1.29, 1.82) is 0 Å². The Kier molecular flexibility index (Phi) is 3.74. The maximum Gasteiger partial charge on any atom is 0.248 e. The molecule has 3 heterocycles. The molecule has 1 fully saturated rings. The Morgan fingerprint density at radius 2 is 2.12 bits per heavy atom. The van der Waals surface area contributed by atoms with Crippen molar-refractivity contribution in [1.82, 2.24) is 14.7 Å². The number of hydrogen-bond donors (Lipinski definition) is 1. The van der Waals surface area contributed by atoms with Crippen LogP contribution in [0.1, 0.15) is 31.4 Å². The summed E-state index contributed by atoms with van der Waals surface area (Å²) in [5, 5.41) is 3.79. The average Bonchev–Trinajstić information content (AvgIpc) is 3.12. The summed E-state index contributed by atoms with van der Waals surface area (Å²) in [7, 11) is 0. The van der Waals surface area contributed by atoms with Crippen molar-refractivity contribution in [2.75, 3.05) is 5.73 Å². The van der Waals surface area contributed by atoms with E-state index >= 15 is 0 Å². The van der Waals surface area contributed by atoms with E-state index in [2.05, 4.69) is 14.7 Å². The van der Waals surface area contributed by atoms with Gasteiger partial charge in [0.25, 0.3) is 0 Å². The fraction of sp³-hybridized carbons (Fsp3) is 0.444. The van der Waals surface area contributed by atoms with Gasteiger partial charge in [-0.2, -0.15) is 0 Å². The zero-order valence-electron chi connectivity index (χ0n) is 14.0. The summed E-state index contributed by atoms with van der Waals surface area (Å²) in [5.41, 5.74) is 9.33. The van der Waals surface area contributed by atoms with Crippen molar-refractivity contribution in [3.05, 3.63) is 30.3 Å². The second-order valence-corrected chi connectivity index (χ2v) is 6.89. The van der Waals surface area contributed by atoms with Crippen LogP contribution in [0.3, 0.4) is 0 Å². The molecule has 0 aliphatic heterocycles. The fourth-order valence-electron chi connectivity index (χ4n) is 3.66. The largest absolute Gasteiger partial charge is 0.380 e. The van der Waals surface area contributed by atoms with Crippen LogP contribution in [0, 0.1) is 12.8 Å². The van der Waals surface area contributed by atoms with Crippen molar-refractivity contribution in [2.45, 2.75) is 45.1 Å². The van der Waals surface area contributed by atoms with Gasteiger partial charge in [0.1, 0.15) is 5.76 Å². The molecule has 2 N–H and O–H groups in total. The summed E-state index contributed by atoms with van der Waals surface area (Å²) >= 11 is 0. The Bertz CT molecular complexity index is 886. The van der Waals surface area contributed by atoms with E-state index in [1.54, 1.807) is 6.20 Å². The second-order valence-electron chi connectivity index (χ2n) is 6.89. The fourth-order valence-corrected chi connectivity index (χ4v) is 3.66. The molecule has 0 unspecified atom stereocenters. The average molecular weight is 346 g/mol. The normalized spacial score (nSPS) is 18.0. The van der Waals surface area contributed by atoms with Crippen molar-refractivity contribution >= 4 is 16.9 Å². The van der Waals surface area contributed by atoms with Crippen LogP contribution in [0.5, 0.6) is 0 Å². The minimum absolute atomic E-state index is 0.0171. The summed E-state index contributed by atoms with van der Waals surface area (Å²) < 4.78 is 33.9. The standard InChI is InChI=1S/C18H20F2N4O/c1-11-16(17(21)23-25-11)13-8-15-14(22-9-13)4-7-24(15)10-12-2-5-18(19,20)6-3-12/h4,7-9,12H,2-3,5-6,10H2,1H3,(H2,21,23). The van der Waals surface area contributed by atoms with Crippen molar-refractivity contribution < 1.29 is 13.3 Å². The van der Waals surface area contributed by atoms with E-state index in [1.165, 1.54) is 0 Å². The summed E-state index contributed by atoms with van der Waals surface area (Å²) in [4.78, 5) is 4.49. The van der Waals surface area contributed by atoms with E-state index in [9.17, 15) is 8.78 Å². The van der Waals surface area contributed by atoms with Crippen LogP contribution in [0.2, 0.25) is 0 Å². The number of aryl methyl sites for hydroxylation is 1. The van der Waals surface area contributed by atoms with Gasteiger partial charge in [0, 0.05) is 37.3 Å². The summed E-state index contributed by atoms with van der Waals surface area (Å²) in [5.74, 6) is -1.24. The molecule has 1 aliphatic carbocycles. The molecule has 0 spiro atoms. The Hall–Kier alpha value is -2.44. The molecular weight excluding hydrogens is 326 g/mol. The van der Waals surface area contributed by atoms with Crippen molar-refractivity contribution in [3.63, 3.8) is 0 Å². The maximum atomic E-state index is 13.4.